The first-order valence-electron chi connectivity index (χ1n) is 8.13. The van der Waals surface area contributed by atoms with Crippen LogP contribution in [0.2, 0.25) is 0 Å². The van der Waals surface area contributed by atoms with E-state index in [-0.39, 0.29) is 18.0 Å². The molecule has 0 spiro atoms. The number of hydrogen-bond acceptors (Lipinski definition) is 4. The number of nitrogens with zero attached hydrogens (tertiary/aromatic N) is 1. The van der Waals surface area contributed by atoms with Gasteiger partial charge in [0.1, 0.15) is 5.82 Å². The van der Waals surface area contributed by atoms with Gasteiger partial charge in [0.2, 0.25) is 5.91 Å². The molecule has 126 valence electrons. The van der Waals surface area contributed by atoms with Crippen molar-refractivity contribution in [2.45, 2.75) is 26.1 Å². The quantitative estimate of drug-likeness (QED) is 0.923. The number of aryl methyl sites for hydroxylation is 1. The normalized spacial score (nSPS) is 20.8. The van der Waals surface area contributed by atoms with Crippen molar-refractivity contribution in [1.82, 2.24) is 4.90 Å². The monoisotopic (exact) mass is 322 g/mol. The summed E-state index contributed by atoms with van der Waals surface area (Å²) >= 11 is 0. The first-order chi connectivity index (χ1) is 11.1. The van der Waals surface area contributed by atoms with Gasteiger partial charge in [0.15, 0.2) is 6.29 Å². The SMILES string of the molecule is Cc1ccc(NC(=O)CN2CCC(C3OCCO3)CC2)cc1F. The Morgan fingerprint density at radius 1 is 1.30 bits per heavy atom. The molecule has 23 heavy (non-hydrogen) atoms. The maximum atomic E-state index is 13.5. The zero-order chi connectivity index (χ0) is 16.2. The van der Waals surface area contributed by atoms with Crippen LogP contribution in [0.1, 0.15) is 18.4 Å². The van der Waals surface area contributed by atoms with Crippen LogP contribution in [0.5, 0.6) is 0 Å². The van der Waals surface area contributed by atoms with Crippen LogP contribution in [0, 0.1) is 18.7 Å². The molecule has 3 rings (SSSR count). The van der Waals surface area contributed by atoms with E-state index in [2.05, 4.69) is 10.2 Å². The molecule has 0 radical (unpaired) electrons. The van der Waals surface area contributed by atoms with Gasteiger partial charge in [0.05, 0.1) is 19.8 Å². The number of benzene rings is 1. The van der Waals surface area contributed by atoms with Crippen LogP contribution in [0.15, 0.2) is 18.2 Å². The van der Waals surface area contributed by atoms with Crippen molar-refractivity contribution in [2.75, 3.05) is 38.2 Å². The van der Waals surface area contributed by atoms with Gasteiger partial charge < -0.3 is 14.8 Å². The van der Waals surface area contributed by atoms with Crippen molar-refractivity contribution in [3.63, 3.8) is 0 Å². The Bertz CT molecular complexity index is 553. The van der Waals surface area contributed by atoms with Crippen molar-refractivity contribution in [2.24, 2.45) is 5.92 Å². The van der Waals surface area contributed by atoms with Gasteiger partial charge in [-0.3, -0.25) is 9.69 Å². The highest BCUT2D eigenvalue weighted by Crippen LogP contribution is 2.25. The molecule has 1 aromatic carbocycles. The minimum Gasteiger partial charge on any atom is -0.350 e. The first-order valence-corrected chi connectivity index (χ1v) is 8.13. The van der Waals surface area contributed by atoms with Crippen LogP contribution in [-0.4, -0.2) is 49.9 Å². The van der Waals surface area contributed by atoms with Crippen molar-refractivity contribution < 1.29 is 18.7 Å². The highest BCUT2D eigenvalue weighted by Gasteiger charge is 2.30. The molecule has 0 aliphatic carbocycles. The van der Waals surface area contributed by atoms with Gasteiger partial charge in [-0.2, -0.15) is 0 Å². The Morgan fingerprint density at radius 3 is 2.65 bits per heavy atom. The molecule has 1 amide bonds. The lowest BCUT2D eigenvalue weighted by atomic mass is 9.96. The summed E-state index contributed by atoms with van der Waals surface area (Å²) in [7, 11) is 0. The fourth-order valence-electron chi connectivity index (χ4n) is 3.11. The topological polar surface area (TPSA) is 50.8 Å². The number of rotatable bonds is 4. The second-order valence-corrected chi connectivity index (χ2v) is 6.24. The van der Waals surface area contributed by atoms with Crippen LogP contribution >= 0.6 is 0 Å². The summed E-state index contributed by atoms with van der Waals surface area (Å²) in [5.41, 5.74) is 1.07. The zero-order valence-corrected chi connectivity index (χ0v) is 13.4. The molecule has 2 fully saturated rings. The van der Waals surface area contributed by atoms with Gasteiger partial charge in [-0.05, 0) is 50.6 Å². The summed E-state index contributed by atoms with van der Waals surface area (Å²) in [6.45, 7) is 5.09. The van der Waals surface area contributed by atoms with E-state index < -0.39 is 0 Å². The average Bonchev–Trinajstić information content (AvgIpc) is 3.06. The van der Waals surface area contributed by atoms with Crippen molar-refractivity contribution in [1.29, 1.82) is 0 Å². The molecule has 2 aliphatic heterocycles. The summed E-state index contributed by atoms with van der Waals surface area (Å²) in [6.07, 6.45) is 1.87. The molecule has 1 aromatic rings. The largest absolute Gasteiger partial charge is 0.350 e. The molecule has 0 aromatic heterocycles. The second kappa shape index (κ2) is 7.38. The third kappa shape index (κ3) is 4.28. The Kier molecular flexibility index (Phi) is 5.25. The molecule has 2 saturated heterocycles. The number of likely N-dealkylation sites (tertiary alicyclic amines) is 1. The summed E-state index contributed by atoms with van der Waals surface area (Å²) in [5, 5.41) is 2.75. The Morgan fingerprint density at radius 2 is 2.00 bits per heavy atom. The number of anilines is 1. The van der Waals surface area contributed by atoms with Crippen molar-refractivity contribution in [3.05, 3.63) is 29.6 Å². The Labute approximate surface area is 135 Å². The van der Waals surface area contributed by atoms with Gasteiger partial charge in [-0.25, -0.2) is 4.39 Å². The summed E-state index contributed by atoms with van der Waals surface area (Å²) in [4.78, 5) is 14.2. The van der Waals surface area contributed by atoms with E-state index in [1.807, 2.05) is 0 Å². The number of piperidine rings is 1. The number of ether oxygens (including phenoxy) is 2. The molecule has 0 atom stereocenters. The molecule has 2 aliphatic rings. The van der Waals surface area contributed by atoms with Gasteiger partial charge in [-0.15, -0.1) is 0 Å². The predicted molar refractivity (Wildman–Crippen MR) is 84.6 cm³/mol. The summed E-state index contributed by atoms with van der Waals surface area (Å²) < 4.78 is 24.6. The van der Waals surface area contributed by atoms with E-state index in [4.69, 9.17) is 9.47 Å². The molecule has 0 saturated carbocycles. The Balaban J connectivity index is 1.44. The lowest BCUT2D eigenvalue weighted by molar-refractivity contribution is -0.119. The molecule has 0 unspecified atom stereocenters. The van der Waals surface area contributed by atoms with Crippen LogP contribution < -0.4 is 5.32 Å². The number of hydrogen-bond donors (Lipinski definition) is 1. The summed E-state index contributed by atoms with van der Waals surface area (Å²) in [5.74, 6) is 0.00301. The van der Waals surface area contributed by atoms with Crippen molar-refractivity contribution >= 4 is 11.6 Å². The van der Waals surface area contributed by atoms with E-state index >= 15 is 0 Å². The highest BCUT2D eigenvalue weighted by atomic mass is 19.1. The van der Waals surface area contributed by atoms with E-state index in [0.717, 1.165) is 25.9 Å². The van der Waals surface area contributed by atoms with Gasteiger partial charge in [0, 0.05) is 11.6 Å². The van der Waals surface area contributed by atoms with E-state index in [1.54, 1.807) is 19.1 Å². The predicted octanol–water partition coefficient (Wildman–Crippen LogP) is 2.16. The lowest BCUT2D eigenvalue weighted by Crippen LogP contribution is -2.41. The van der Waals surface area contributed by atoms with Gasteiger partial charge >= 0.3 is 0 Å². The number of halogens is 1. The van der Waals surface area contributed by atoms with E-state index in [9.17, 15) is 9.18 Å². The highest BCUT2D eigenvalue weighted by molar-refractivity contribution is 5.92. The molecular formula is C17H23FN2O3. The maximum Gasteiger partial charge on any atom is 0.238 e. The first kappa shape index (κ1) is 16.4. The molecule has 2 heterocycles. The minimum atomic E-state index is -0.305. The van der Waals surface area contributed by atoms with E-state index in [0.29, 0.717) is 36.9 Å². The molecule has 5 nitrogen and oxygen atoms in total. The number of carbonyl (C=O) groups is 1. The zero-order valence-electron chi connectivity index (χ0n) is 13.4. The molecule has 1 N–H and O–H groups in total. The third-order valence-corrected chi connectivity index (χ3v) is 4.49. The Hall–Kier alpha value is -1.50. The van der Waals surface area contributed by atoms with Crippen LogP contribution in [0.25, 0.3) is 0 Å². The van der Waals surface area contributed by atoms with Crippen LogP contribution in [0.3, 0.4) is 0 Å². The smallest absolute Gasteiger partial charge is 0.238 e. The van der Waals surface area contributed by atoms with E-state index in [1.165, 1.54) is 6.07 Å². The van der Waals surface area contributed by atoms with Crippen LogP contribution in [-0.2, 0) is 14.3 Å². The fraction of sp³-hybridized carbons (Fsp3) is 0.588. The fourth-order valence-corrected chi connectivity index (χ4v) is 3.11. The second-order valence-electron chi connectivity index (χ2n) is 6.24. The molecular weight excluding hydrogens is 299 g/mol. The number of nitrogens with one attached hydrogen (secondary N) is 1. The van der Waals surface area contributed by atoms with Gasteiger partial charge in [0.25, 0.3) is 0 Å². The number of amides is 1. The average molecular weight is 322 g/mol. The van der Waals surface area contributed by atoms with Crippen LogP contribution in [0.4, 0.5) is 10.1 Å². The number of carbonyl (C=O) groups excluding carboxylic acids is 1. The molecule has 0 bridgehead atoms. The minimum absolute atomic E-state index is 0.0680. The summed E-state index contributed by atoms with van der Waals surface area (Å²) in [6, 6.07) is 4.74. The lowest BCUT2D eigenvalue weighted by Gasteiger charge is -2.33. The van der Waals surface area contributed by atoms with Crippen molar-refractivity contribution in [3.8, 4) is 0 Å². The molecule has 6 heteroatoms. The van der Waals surface area contributed by atoms with Gasteiger partial charge in [-0.1, -0.05) is 6.07 Å². The maximum absolute atomic E-state index is 13.5. The third-order valence-electron chi connectivity index (χ3n) is 4.49. The standard InChI is InChI=1S/C17H23FN2O3/c1-12-2-3-14(10-15(12)18)19-16(21)11-20-6-4-13(5-7-20)17-22-8-9-23-17/h2-3,10,13,17H,4-9,11H2,1H3,(H,19,21).